The molecule has 34 nitrogen and oxygen atoms in total. The van der Waals surface area contributed by atoms with Gasteiger partial charge in [0, 0.05) is 49.7 Å². The Morgan fingerprint density at radius 2 is 0.648 bits per heavy atom. The Morgan fingerprint density at radius 1 is 0.386 bits per heavy atom. The Hall–Kier alpha value is -8.05. The number of carboxylic acid groups (broad SMARTS) is 1. The molecule has 0 fully saturated rings. The second kappa shape index (κ2) is 44.4. The molecule has 2 aromatic heterocycles. The van der Waals surface area contributed by atoms with Gasteiger partial charge in [-0.15, -0.1) is 0 Å². The molecular formula is C54H100N24O10. The fourth-order valence-corrected chi connectivity index (χ4v) is 9.06. The van der Waals surface area contributed by atoms with Crippen molar-refractivity contribution in [1.29, 1.82) is 0 Å². The number of nitrogens with one attached hydrogen (secondary N) is 10. The molecule has 34 heteroatoms. The third kappa shape index (κ3) is 31.6. The van der Waals surface area contributed by atoms with Gasteiger partial charge in [0.2, 0.25) is 47.3 Å². The Balaban J connectivity index is 2.50. The molecule has 0 aliphatic rings. The number of hydrogen-bond acceptors (Lipinski definition) is 19. The molecule has 2 heterocycles. The highest BCUT2D eigenvalue weighted by Gasteiger charge is 2.35. The average molecular weight is 1250 g/mol. The Kier molecular flexibility index (Phi) is 38.4. The largest absolute Gasteiger partial charge is 0.480 e. The molecule has 496 valence electrons. The Morgan fingerprint density at radius 3 is 0.920 bits per heavy atom. The minimum absolute atomic E-state index is 0.0233. The lowest BCUT2D eigenvalue weighted by Gasteiger charge is -2.28. The highest BCUT2D eigenvalue weighted by atomic mass is 16.4. The molecule has 0 unspecified atom stereocenters. The molecule has 0 saturated heterocycles. The zero-order chi connectivity index (χ0) is 65.2. The molecule has 0 aliphatic carbocycles. The summed E-state index contributed by atoms with van der Waals surface area (Å²) in [4.78, 5) is 148. The predicted molar refractivity (Wildman–Crippen MR) is 330 cm³/mol. The number of aliphatic imine (C=N–C) groups is 2. The van der Waals surface area contributed by atoms with Gasteiger partial charge in [-0.05, 0) is 155 Å². The molecule has 88 heavy (non-hydrogen) atoms. The first-order valence-electron chi connectivity index (χ1n) is 30.1. The molecule has 0 radical (unpaired) electrons. The summed E-state index contributed by atoms with van der Waals surface area (Å²) in [5.41, 5.74) is 57.7. The van der Waals surface area contributed by atoms with E-state index in [-0.39, 0.29) is 122 Å². The van der Waals surface area contributed by atoms with E-state index in [1.807, 2.05) is 0 Å². The maximum Gasteiger partial charge on any atom is 0.326 e. The summed E-state index contributed by atoms with van der Waals surface area (Å²) < 4.78 is 0. The van der Waals surface area contributed by atoms with Crippen molar-refractivity contribution in [2.45, 2.75) is 189 Å². The lowest BCUT2D eigenvalue weighted by Crippen LogP contribution is -2.60. The van der Waals surface area contributed by atoms with E-state index in [2.05, 4.69) is 72.5 Å². The van der Waals surface area contributed by atoms with Crippen molar-refractivity contribution in [3.8, 4) is 0 Å². The lowest BCUT2D eigenvalue weighted by molar-refractivity contribution is -0.142. The number of rotatable bonds is 49. The predicted octanol–water partition coefficient (Wildman–Crippen LogP) is -6.04. The summed E-state index contributed by atoms with van der Waals surface area (Å²) in [7, 11) is 0. The number of carboxylic acids is 1. The second-order valence-corrected chi connectivity index (χ2v) is 21.3. The molecule has 0 spiro atoms. The quantitative estimate of drug-likeness (QED) is 0.0167. The Labute approximate surface area is 513 Å². The van der Waals surface area contributed by atoms with Gasteiger partial charge in [0.1, 0.15) is 48.3 Å². The van der Waals surface area contributed by atoms with Gasteiger partial charge in [0.05, 0.1) is 18.7 Å². The summed E-state index contributed by atoms with van der Waals surface area (Å²) >= 11 is 0. The van der Waals surface area contributed by atoms with Gasteiger partial charge in [-0.2, -0.15) is 0 Å². The van der Waals surface area contributed by atoms with Crippen LogP contribution in [0.25, 0.3) is 0 Å². The summed E-state index contributed by atoms with van der Waals surface area (Å²) in [5.74, 6) is -7.77. The third-order valence-corrected chi connectivity index (χ3v) is 14.0. The number of H-pyrrole nitrogens is 2. The van der Waals surface area contributed by atoms with Crippen molar-refractivity contribution in [3.05, 3.63) is 36.4 Å². The minimum atomic E-state index is -1.42. The molecule has 9 atom stereocenters. The summed E-state index contributed by atoms with van der Waals surface area (Å²) in [5, 5.41) is 31.6. The summed E-state index contributed by atoms with van der Waals surface area (Å²) in [6.45, 7) is 1.62. The topological polar surface area (TPSA) is 612 Å². The number of aromatic nitrogens is 4. The van der Waals surface area contributed by atoms with Gasteiger partial charge >= 0.3 is 5.97 Å². The van der Waals surface area contributed by atoms with E-state index in [9.17, 15) is 48.3 Å². The number of imidazole rings is 2. The van der Waals surface area contributed by atoms with E-state index in [0.717, 1.165) is 0 Å². The van der Waals surface area contributed by atoms with Crippen molar-refractivity contribution < 1.29 is 48.3 Å². The van der Waals surface area contributed by atoms with E-state index in [1.165, 1.54) is 25.0 Å². The lowest BCUT2D eigenvalue weighted by atomic mass is 10.0. The number of carbonyl (C=O) groups is 9. The number of aromatic amines is 2. The van der Waals surface area contributed by atoms with E-state index in [4.69, 9.17) is 57.3 Å². The maximum absolute atomic E-state index is 14.7. The van der Waals surface area contributed by atoms with E-state index in [1.54, 1.807) is 0 Å². The first-order chi connectivity index (χ1) is 42.2. The third-order valence-electron chi connectivity index (χ3n) is 14.0. The van der Waals surface area contributed by atoms with Gasteiger partial charge in [-0.3, -0.25) is 48.3 Å². The molecule has 0 aromatic carbocycles. The number of nitrogens with two attached hydrogens (primary N) is 10. The number of unbranched alkanes of at least 4 members (excludes halogenated alkanes) is 5. The normalized spacial score (nSPS) is 14.2. The molecule has 31 N–H and O–H groups in total. The van der Waals surface area contributed by atoms with Gasteiger partial charge in [0.25, 0.3) is 0 Å². The molecule has 0 bridgehead atoms. The van der Waals surface area contributed by atoms with Crippen molar-refractivity contribution in [3.63, 3.8) is 0 Å². The Bertz CT molecular complexity index is 2440. The molecular weight excluding hydrogens is 1140 g/mol. The zero-order valence-electron chi connectivity index (χ0n) is 50.5. The van der Waals surface area contributed by atoms with Gasteiger partial charge in [0.15, 0.2) is 11.9 Å². The van der Waals surface area contributed by atoms with E-state index < -0.39 is 108 Å². The highest BCUT2D eigenvalue weighted by Crippen LogP contribution is 2.13. The standard InChI is InChI=1S/C54H100N24O10/c55-20-6-1-14-36(45(80)72-39(17-4-9-23-58)48(83)76-41(52(87)88)19-12-26-68-54(63)64)71-46(81)38(16-3-8-22-57)75-51(86)43(28-34-30-66-32-70-34)78-49(84)40(18-5-10-24-59)73-47(82)37(15-2-7-21-56)74-50(85)42(27-33-29-65-31-69-33)77-44(79)35(60)13-11-25-67-53(61)62/h29-32,35-43H,1-28,55-60H2,(H,65,69)(H,66,70)(H,71,81)(H,72,80)(H,73,82)(H,74,85)(H,75,86)(H,76,83)(H,77,79)(H,78,84)(H,87,88)(H4,61,62,67)(H4,63,64,68)/t35-,36-,37-,38-,39-,40-,41-,42-,43-/m0/s1. The summed E-state index contributed by atoms with van der Waals surface area (Å²) in [6.07, 6.45) is 10.4. The van der Waals surface area contributed by atoms with E-state index >= 15 is 0 Å². The van der Waals surface area contributed by atoms with Crippen molar-refractivity contribution in [2.24, 2.45) is 67.3 Å². The fraction of sp³-hybridized carbons (Fsp3) is 0.685. The first-order valence-corrected chi connectivity index (χ1v) is 30.1. The van der Waals surface area contributed by atoms with Crippen LogP contribution in [0.4, 0.5) is 0 Å². The van der Waals surface area contributed by atoms with Crippen LogP contribution in [0.3, 0.4) is 0 Å². The summed E-state index contributed by atoms with van der Waals surface area (Å²) in [6, 6.07) is -11.5. The van der Waals surface area contributed by atoms with Crippen molar-refractivity contribution in [1.82, 2.24) is 62.5 Å². The van der Waals surface area contributed by atoms with Crippen LogP contribution in [0.1, 0.15) is 133 Å². The average Bonchev–Trinajstić information content (AvgIpc) is 4.37. The van der Waals surface area contributed by atoms with Crippen LogP contribution < -0.4 is 99.9 Å². The van der Waals surface area contributed by atoms with Gasteiger partial charge < -0.3 is 115 Å². The number of carbonyl (C=O) groups excluding carboxylic acids is 8. The smallest absolute Gasteiger partial charge is 0.326 e. The fourth-order valence-electron chi connectivity index (χ4n) is 9.06. The van der Waals surface area contributed by atoms with Crippen LogP contribution in [0.2, 0.25) is 0 Å². The van der Waals surface area contributed by atoms with Crippen LogP contribution in [0, 0.1) is 0 Å². The van der Waals surface area contributed by atoms with Crippen molar-refractivity contribution >= 4 is 65.1 Å². The first kappa shape index (κ1) is 76.0. The molecule has 0 aliphatic heterocycles. The van der Waals surface area contributed by atoms with Crippen molar-refractivity contribution in [2.75, 3.05) is 45.8 Å². The van der Waals surface area contributed by atoms with Crippen LogP contribution in [-0.4, -0.2) is 190 Å². The molecule has 2 aromatic rings. The van der Waals surface area contributed by atoms with Gasteiger partial charge in [-0.1, -0.05) is 0 Å². The van der Waals surface area contributed by atoms with Crippen LogP contribution in [0.5, 0.6) is 0 Å². The van der Waals surface area contributed by atoms with Crippen LogP contribution in [0.15, 0.2) is 35.0 Å². The minimum Gasteiger partial charge on any atom is -0.480 e. The molecule has 0 saturated carbocycles. The maximum atomic E-state index is 14.7. The van der Waals surface area contributed by atoms with Gasteiger partial charge in [-0.25, -0.2) is 14.8 Å². The SMILES string of the molecule is NCCCC[C@H](NC(=O)[C@H](CCCCN)NC(=O)[C@H](CCCCN)NC(=O)[C@H](Cc1cnc[nH]1)NC(=O)[C@H](CCCCN)NC(=O)[C@H](CCCCN)NC(=O)[C@H](Cc1cnc[nH]1)NC(=O)[C@@H](N)CCCN=C(N)N)C(=O)N[C@@H](CCCN=C(N)N)C(=O)O. The number of amides is 8. The number of nitrogens with zero attached hydrogens (tertiary/aromatic N) is 4. The number of aliphatic carboxylic acids is 1. The number of guanidine groups is 2. The highest BCUT2D eigenvalue weighted by molar-refractivity contribution is 5.98. The zero-order valence-corrected chi connectivity index (χ0v) is 50.5. The van der Waals surface area contributed by atoms with Crippen LogP contribution in [-0.2, 0) is 56.0 Å². The molecule has 8 amide bonds. The number of hydrogen-bond donors (Lipinski definition) is 21. The second-order valence-electron chi connectivity index (χ2n) is 21.3. The molecule has 2 rings (SSSR count). The monoisotopic (exact) mass is 1240 g/mol. The van der Waals surface area contributed by atoms with Crippen LogP contribution >= 0.6 is 0 Å². The van der Waals surface area contributed by atoms with E-state index in [0.29, 0.717) is 82.0 Å².